The van der Waals surface area contributed by atoms with Crippen molar-refractivity contribution in [1.82, 2.24) is 29.9 Å². The van der Waals surface area contributed by atoms with Crippen LogP contribution in [0.1, 0.15) is 69.5 Å². The monoisotopic (exact) mass is 860 g/mol. The van der Waals surface area contributed by atoms with Gasteiger partial charge in [-0.3, -0.25) is 4.79 Å². The van der Waals surface area contributed by atoms with Crippen LogP contribution in [0.5, 0.6) is 11.5 Å². The maximum atomic E-state index is 14.0. The second kappa shape index (κ2) is 17.3. The van der Waals surface area contributed by atoms with Gasteiger partial charge in [0, 0.05) is 51.9 Å². The van der Waals surface area contributed by atoms with Gasteiger partial charge in [0.25, 0.3) is 5.91 Å². The molecule has 5 heterocycles. The highest BCUT2D eigenvalue weighted by Crippen LogP contribution is 2.34. The van der Waals surface area contributed by atoms with Gasteiger partial charge in [0.2, 0.25) is 0 Å². The summed E-state index contributed by atoms with van der Waals surface area (Å²) >= 11 is 0. The van der Waals surface area contributed by atoms with Gasteiger partial charge in [-0.2, -0.15) is 18.3 Å². The lowest BCUT2D eigenvalue weighted by Crippen LogP contribution is -2.26. The first-order valence-corrected chi connectivity index (χ1v) is 20.2. The van der Waals surface area contributed by atoms with E-state index in [0.29, 0.717) is 22.4 Å². The van der Waals surface area contributed by atoms with Gasteiger partial charge in [-0.1, -0.05) is 36.4 Å². The number of para-hydroxylation sites is 2. The van der Waals surface area contributed by atoms with Gasteiger partial charge in [-0.15, -0.1) is 0 Å². The number of methoxy groups -OCH3 is 1. The molecule has 1 fully saturated rings. The highest BCUT2D eigenvalue weighted by molar-refractivity contribution is 5.96. The number of anilines is 1. The van der Waals surface area contributed by atoms with Crippen molar-refractivity contribution in [3.8, 4) is 22.8 Å². The first-order valence-electron chi connectivity index (χ1n) is 20.2. The molecule has 324 valence electrons. The lowest BCUT2D eigenvalue weighted by molar-refractivity contribution is -0.131. The molecule has 0 saturated heterocycles. The summed E-state index contributed by atoms with van der Waals surface area (Å²) in [6.07, 6.45) is 0.458. The van der Waals surface area contributed by atoms with Crippen LogP contribution in [0, 0.1) is 26.6 Å². The fraction of sp³-hybridized carbons (Fsp3) is 0.234. The molecule has 3 aromatic carbocycles. The number of carbonyl (C=O) groups excluding carboxylic acids is 1. The van der Waals surface area contributed by atoms with Gasteiger partial charge >= 0.3 is 6.18 Å². The lowest BCUT2D eigenvalue weighted by Gasteiger charge is -2.16. The third-order valence-electron chi connectivity index (χ3n) is 10.7. The molecular formula is C47H44F4N8O4. The molecular weight excluding hydrogens is 817 g/mol. The van der Waals surface area contributed by atoms with E-state index in [1.54, 1.807) is 32.2 Å². The number of aliphatic hydroxyl groups is 1. The minimum atomic E-state index is -4.39. The Kier molecular flexibility index (Phi) is 11.7. The van der Waals surface area contributed by atoms with Crippen molar-refractivity contribution >= 4 is 35.1 Å². The van der Waals surface area contributed by atoms with Crippen LogP contribution in [0.15, 0.2) is 90.1 Å². The molecule has 9 rings (SSSR count). The number of phenolic OH excluding ortho intramolecular Hbond substituents is 1. The summed E-state index contributed by atoms with van der Waals surface area (Å²) in [7, 11) is 1.69. The van der Waals surface area contributed by atoms with Crippen molar-refractivity contribution < 1.29 is 37.3 Å². The number of hydrogen-bond acceptors (Lipinski definition) is 8. The summed E-state index contributed by atoms with van der Waals surface area (Å²) < 4.78 is 59.3. The first kappa shape index (κ1) is 42.5. The number of aromatic amines is 2. The van der Waals surface area contributed by atoms with Crippen LogP contribution in [-0.4, -0.2) is 66.6 Å². The second-order valence-corrected chi connectivity index (χ2v) is 15.6. The fourth-order valence-electron chi connectivity index (χ4n) is 7.34. The van der Waals surface area contributed by atoms with Crippen molar-refractivity contribution in [2.75, 3.05) is 19.0 Å². The van der Waals surface area contributed by atoms with Crippen LogP contribution in [0.2, 0.25) is 0 Å². The van der Waals surface area contributed by atoms with Gasteiger partial charge in [-0.25, -0.2) is 18.9 Å². The number of carbonyl (C=O) groups is 1. The molecule has 4 aromatic heterocycles. The van der Waals surface area contributed by atoms with Crippen LogP contribution in [0.25, 0.3) is 34.8 Å². The van der Waals surface area contributed by atoms with E-state index in [1.165, 1.54) is 34.5 Å². The van der Waals surface area contributed by atoms with E-state index in [4.69, 9.17) is 9.73 Å². The number of halogens is 4. The molecule has 0 bridgehead atoms. The molecule has 16 heteroatoms. The number of fused-ring (bicyclic) bond motifs is 2. The number of nitrogens with one attached hydrogen (secondary N) is 4. The number of ether oxygens (including phenoxy) is 1. The smallest absolute Gasteiger partial charge is 0.390 e. The minimum absolute atomic E-state index is 0.0608. The standard InChI is InChI=1S/C27H25F4N5O3.C20H19N3O/c1-14-11-15(5-8-17(14)26(39)34-16-6-7-16)22-13-33-25-21(32-10-9-27(29,30)31)12-20(35-36(22)25)24(38)18-3-2-4-19(28)23(18)37;1-12-8-13(2)21-16(12)10-19-20(24-3)11-18(23-19)17-9-14-6-4-5-7-15(14)22-17/h2-5,8,11-13,16,24,32,37-38H,6-7,9-10H2,1H3,(H,34,39);4-11,21,23H,1-3H3/b;18-17-,19-10+. The highest BCUT2D eigenvalue weighted by atomic mass is 19.4. The van der Waals surface area contributed by atoms with E-state index in [9.17, 15) is 32.6 Å². The zero-order valence-electron chi connectivity index (χ0n) is 34.7. The lowest BCUT2D eigenvalue weighted by atomic mass is 10.0. The summed E-state index contributed by atoms with van der Waals surface area (Å²) in [4.78, 5) is 28.4. The maximum absolute atomic E-state index is 14.0. The molecule has 1 unspecified atom stereocenters. The Balaban J connectivity index is 0.000000193. The average molecular weight is 861 g/mol. The number of nitrogens with zero attached hydrogens (tertiary/aromatic N) is 4. The van der Waals surface area contributed by atoms with E-state index in [0.717, 1.165) is 63.0 Å². The minimum Gasteiger partial charge on any atom is -0.505 e. The first-order chi connectivity index (χ1) is 30.1. The van der Waals surface area contributed by atoms with Gasteiger partial charge in [-0.05, 0) is 93.3 Å². The number of aliphatic hydroxyl groups excluding tert-OH is 1. The number of benzene rings is 3. The summed E-state index contributed by atoms with van der Waals surface area (Å²) in [5, 5.41) is 35.2. The predicted octanol–water partition coefficient (Wildman–Crippen LogP) is 5.91. The SMILES string of the molecule is COc1c/c(=C2\C=c3ccccc3=N2)[nH]/c1=C/c1[nH]c(C)cc1C.Cc1cc(-c2cnc3c(NCCC(F)(F)F)cc(C(O)c4cccc(F)c4O)nn23)ccc1C(=O)NC1CC1. The number of aromatic hydroxyl groups is 1. The van der Waals surface area contributed by atoms with Crippen LogP contribution in [0.3, 0.4) is 0 Å². The normalized spacial score (nSPS) is 15.0. The number of phenols is 1. The van der Waals surface area contributed by atoms with E-state index in [2.05, 4.69) is 68.8 Å². The Hall–Kier alpha value is -7.20. The topological polar surface area (TPSA) is 165 Å². The van der Waals surface area contributed by atoms with E-state index < -0.39 is 36.8 Å². The number of imidazole rings is 1. The van der Waals surface area contributed by atoms with Gasteiger partial charge in [0.05, 0.1) is 58.6 Å². The molecule has 0 radical (unpaired) electrons. The van der Waals surface area contributed by atoms with E-state index >= 15 is 0 Å². The molecule has 1 aliphatic heterocycles. The Bertz CT molecular complexity index is 3090. The van der Waals surface area contributed by atoms with Crippen LogP contribution >= 0.6 is 0 Å². The molecule has 6 N–H and O–H groups in total. The van der Waals surface area contributed by atoms with E-state index in [1.807, 2.05) is 24.3 Å². The molecule has 1 aliphatic carbocycles. The summed E-state index contributed by atoms with van der Waals surface area (Å²) in [5.41, 5.74) is 6.77. The highest BCUT2D eigenvalue weighted by Gasteiger charge is 2.28. The molecule has 2 aliphatic rings. The number of hydrogen-bond donors (Lipinski definition) is 6. The predicted molar refractivity (Wildman–Crippen MR) is 230 cm³/mol. The molecule has 0 spiro atoms. The zero-order chi connectivity index (χ0) is 44.6. The number of aryl methyl sites for hydroxylation is 3. The van der Waals surface area contributed by atoms with Crippen molar-refractivity contribution in [2.24, 2.45) is 4.99 Å². The van der Waals surface area contributed by atoms with E-state index in [-0.39, 0.29) is 34.5 Å². The molecule has 1 amide bonds. The van der Waals surface area contributed by atoms with Crippen molar-refractivity contribution in [1.29, 1.82) is 0 Å². The maximum Gasteiger partial charge on any atom is 0.390 e. The van der Waals surface area contributed by atoms with Gasteiger partial charge < -0.3 is 35.6 Å². The zero-order valence-corrected chi connectivity index (χ0v) is 34.7. The number of alkyl halides is 3. The molecule has 63 heavy (non-hydrogen) atoms. The number of H-pyrrole nitrogens is 2. The van der Waals surface area contributed by atoms with Crippen LogP contribution in [0.4, 0.5) is 23.2 Å². The number of rotatable bonds is 10. The third kappa shape index (κ3) is 9.35. The second-order valence-electron chi connectivity index (χ2n) is 15.6. The Morgan fingerprint density at radius 3 is 2.51 bits per heavy atom. The van der Waals surface area contributed by atoms with Crippen molar-refractivity contribution in [2.45, 2.75) is 58.4 Å². The summed E-state index contributed by atoms with van der Waals surface area (Å²) in [6, 6.07) is 22.6. The van der Waals surface area contributed by atoms with Gasteiger partial charge in [0.1, 0.15) is 11.9 Å². The summed E-state index contributed by atoms with van der Waals surface area (Å²) in [5.74, 6) is -1.07. The van der Waals surface area contributed by atoms with Gasteiger partial charge in [0.15, 0.2) is 17.2 Å². The third-order valence-corrected chi connectivity index (χ3v) is 10.7. The molecule has 12 nitrogen and oxygen atoms in total. The average Bonchev–Trinajstić information content (AvgIpc) is 3.54. The largest absolute Gasteiger partial charge is 0.505 e. The van der Waals surface area contributed by atoms with Crippen LogP contribution < -0.4 is 36.6 Å². The Labute approximate surface area is 358 Å². The quantitative estimate of drug-likeness (QED) is 0.0932. The van der Waals surface area contributed by atoms with Crippen molar-refractivity contribution in [3.63, 3.8) is 0 Å². The Morgan fingerprint density at radius 1 is 1.02 bits per heavy atom. The fourth-order valence-corrected chi connectivity index (χ4v) is 7.34. The van der Waals surface area contributed by atoms with Crippen molar-refractivity contribution in [3.05, 3.63) is 151 Å². The number of amides is 1. The Morgan fingerprint density at radius 2 is 1.81 bits per heavy atom. The summed E-state index contributed by atoms with van der Waals surface area (Å²) in [6.45, 7) is 5.47. The molecule has 7 aromatic rings. The number of aromatic nitrogens is 5. The molecule has 1 atom stereocenters. The molecule has 1 saturated carbocycles. The van der Waals surface area contributed by atoms with Crippen LogP contribution in [-0.2, 0) is 0 Å².